The average molecular weight is 291 g/mol. The number of amides is 1. The molecule has 1 aliphatic carbocycles. The fourth-order valence-electron chi connectivity index (χ4n) is 2.81. The van der Waals surface area contributed by atoms with Crippen LogP contribution in [-0.2, 0) is 11.8 Å². The van der Waals surface area contributed by atoms with Gasteiger partial charge >= 0.3 is 0 Å². The Morgan fingerprint density at radius 1 is 1.57 bits per heavy atom. The van der Waals surface area contributed by atoms with Crippen LogP contribution in [0.3, 0.4) is 0 Å². The van der Waals surface area contributed by atoms with Crippen LogP contribution in [0.5, 0.6) is 0 Å². The van der Waals surface area contributed by atoms with E-state index in [0.29, 0.717) is 6.54 Å². The summed E-state index contributed by atoms with van der Waals surface area (Å²) in [6.45, 7) is 2.53. The quantitative estimate of drug-likeness (QED) is 0.814. The zero-order chi connectivity index (χ0) is 15.3. The van der Waals surface area contributed by atoms with Gasteiger partial charge in [0, 0.05) is 31.4 Å². The van der Waals surface area contributed by atoms with Crippen molar-refractivity contribution in [2.75, 3.05) is 6.54 Å². The summed E-state index contributed by atoms with van der Waals surface area (Å²) in [5.41, 5.74) is 0.151. The minimum Gasteiger partial charge on any atom is -0.388 e. The van der Waals surface area contributed by atoms with Gasteiger partial charge in [-0.25, -0.2) is 0 Å². The normalized spacial score (nSPS) is 26.1. The van der Waals surface area contributed by atoms with E-state index >= 15 is 0 Å². The number of hydrogen-bond acceptors (Lipinski definition) is 3. The Bertz CT molecular complexity index is 499. The molecule has 2 N–H and O–H groups in total. The van der Waals surface area contributed by atoms with Crippen molar-refractivity contribution in [2.24, 2.45) is 13.0 Å². The van der Waals surface area contributed by atoms with Gasteiger partial charge in [0.2, 0.25) is 5.91 Å². The van der Waals surface area contributed by atoms with Crippen molar-refractivity contribution in [3.63, 3.8) is 0 Å². The van der Waals surface area contributed by atoms with Crippen LogP contribution in [0.25, 0.3) is 6.08 Å². The molecule has 0 radical (unpaired) electrons. The first kappa shape index (κ1) is 15.8. The lowest BCUT2D eigenvalue weighted by Gasteiger charge is -2.35. The smallest absolute Gasteiger partial charge is 0.244 e. The van der Waals surface area contributed by atoms with Gasteiger partial charge in [-0.3, -0.25) is 9.48 Å². The van der Waals surface area contributed by atoms with Gasteiger partial charge in [0.15, 0.2) is 0 Å². The Morgan fingerprint density at radius 3 is 2.86 bits per heavy atom. The number of carbonyl (C=O) groups excluding carboxylic acids is 1. The van der Waals surface area contributed by atoms with Gasteiger partial charge in [0.05, 0.1) is 11.8 Å². The van der Waals surface area contributed by atoms with E-state index in [2.05, 4.69) is 17.3 Å². The largest absolute Gasteiger partial charge is 0.388 e. The van der Waals surface area contributed by atoms with Gasteiger partial charge in [0.25, 0.3) is 0 Å². The van der Waals surface area contributed by atoms with Gasteiger partial charge in [-0.2, -0.15) is 5.10 Å². The molecule has 5 heteroatoms. The number of nitrogens with one attached hydrogen (secondary N) is 1. The average Bonchev–Trinajstić information content (AvgIpc) is 2.90. The lowest BCUT2D eigenvalue weighted by molar-refractivity contribution is -0.118. The summed E-state index contributed by atoms with van der Waals surface area (Å²) < 4.78 is 1.69. The monoisotopic (exact) mass is 291 g/mol. The Hall–Kier alpha value is -1.62. The molecule has 1 heterocycles. The number of rotatable bonds is 5. The molecule has 116 valence electrons. The highest BCUT2D eigenvalue weighted by atomic mass is 16.3. The molecule has 1 aromatic rings. The van der Waals surface area contributed by atoms with E-state index in [-0.39, 0.29) is 5.91 Å². The molecule has 5 nitrogen and oxygen atoms in total. The molecule has 0 aliphatic heterocycles. The number of carbonyl (C=O) groups is 1. The lowest BCUT2D eigenvalue weighted by Crippen LogP contribution is -2.45. The summed E-state index contributed by atoms with van der Waals surface area (Å²) in [7, 11) is 1.83. The van der Waals surface area contributed by atoms with Crippen molar-refractivity contribution in [1.29, 1.82) is 0 Å². The fourth-order valence-corrected chi connectivity index (χ4v) is 2.81. The van der Waals surface area contributed by atoms with Crippen LogP contribution in [-0.4, -0.2) is 32.9 Å². The Balaban J connectivity index is 1.77. The summed E-state index contributed by atoms with van der Waals surface area (Å²) in [6.07, 6.45) is 11.6. The van der Waals surface area contributed by atoms with Crippen molar-refractivity contribution < 1.29 is 9.90 Å². The van der Waals surface area contributed by atoms with Crippen molar-refractivity contribution >= 4 is 12.0 Å². The van der Waals surface area contributed by atoms with Crippen LogP contribution in [0, 0.1) is 5.92 Å². The molecule has 0 atom stereocenters. The molecule has 0 saturated heterocycles. The van der Waals surface area contributed by atoms with Gasteiger partial charge in [-0.1, -0.05) is 13.3 Å². The van der Waals surface area contributed by atoms with Crippen molar-refractivity contribution in [3.05, 3.63) is 24.0 Å². The second-order valence-corrected chi connectivity index (χ2v) is 6.07. The third-order valence-electron chi connectivity index (χ3n) is 4.36. The molecular formula is C16H25N3O2. The molecule has 1 saturated carbocycles. The zero-order valence-electron chi connectivity index (χ0n) is 12.9. The number of nitrogens with zero attached hydrogens (tertiary/aromatic N) is 2. The van der Waals surface area contributed by atoms with Gasteiger partial charge in [0.1, 0.15) is 0 Å². The maximum absolute atomic E-state index is 11.8. The first-order valence-corrected chi connectivity index (χ1v) is 7.68. The van der Waals surface area contributed by atoms with Crippen LogP contribution >= 0.6 is 0 Å². The first-order chi connectivity index (χ1) is 10.0. The summed E-state index contributed by atoms with van der Waals surface area (Å²) in [6, 6.07) is 0. The number of aromatic nitrogens is 2. The molecule has 0 spiro atoms. The highest BCUT2D eigenvalue weighted by Gasteiger charge is 2.32. The fraction of sp³-hybridized carbons (Fsp3) is 0.625. The summed E-state index contributed by atoms with van der Waals surface area (Å²) >= 11 is 0. The molecule has 2 rings (SSSR count). The summed E-state index contributed by atoms with van der Waals surface area (Å²) in [5.74, 6) is 0.552. The lowest BCUT2D eigenvalue weighted by atomic mass is 9.78. The van der Waals surface area contributed by atoms with Crippen molar-refractivity contribution in [2.45, 2.75) is 44.6 Å². The molecule has 1 amide bonds. The van der Waals surface area contributed by atoms with Crippen LogP contribution in [0.4, 0.5) is 0 Å². The second kappa shape index (κ2) is 6.89. The van der Waals surface area contributed by atoms with Crippen LogP contribution in [0.1, 0.15) is 44.6 Å². The van der Waals surface area contributed by atoms with E-state index in [1.807, 2.05) is 13.2 Å². The maximum atomic E-state index is 11.8. The minimum atomic E-state index is -0.733. The first-order valence-electron chi connectivity index (χ1n) is 7.68. The topological polar surface area (TPSA) is 67.2 Å². The van der Waals surface area contributed by atoms with E-state index in [1.165, 1.54) is 12.5 Å². The number of aliphatic hydroxyl groups is 1. The van der Waals surface area contributed by atoms with Crippen molar-refractivity contribution in [3.8, 4) is 0 Å². The molecule has 21 heavy (non-hydrogen) atoms. The summed E-state index contributed by atoms with van der Waals surface area (Å²) in [4.78, 5) is 11.8. The SMILES string of the molecule is CCC1CCC(O)(CNC(=O)C=Cc2cnn(C)c2)CC1. The molecule has 1 fully saturated rings. The minimum absolute atomic E-state index is 0.176. The second-order valence-electron chi connectivity index (χ2n) is 6.07. The molecule has 0 bridgehead atoms. The van der Waals surface area contributed by atoms with Gasteiger partial charge in [-0.05, 0) is 37.7 Å². The molecule has 1 aromatic heterocycles. The number of aryl methyl sites for hydroxylation is 1. The maximum Gasteiger partial charge on any atom is 0.244 e. The highest BCUT2D eigenvalue weighted by molar-refractivity contribution is 5.91. The van der Waals surface area contributed by atoms with E-state index in [9.17, 15) is 9.90 Å². The number of hydrogen-bond donors (Lipinski definition) is 2. The molecule has 0 aromatic carbocycles. The Labute approximate surface area is 126 Å². The van der Waals surface area contributed by atoms with Crippen molar-refractivity contribution in [1.82, 2.24) is 15.1 Å². The van der Waals surface area contributed by atoms with E-state index < -0.39 is 5.60 Å². The van der Waals surface area contributed by atoms with E-state index in [4.69, 9.17) is 0 Å². The van der Waals surface area contributed by atoms with E-state index in [1.54, 1.807) is 17.0 Å². The molecular weight excluding hydrogens is 266 g/mol. The highest BCUT2D eigenvalue weighted by Crippen LogP contribution is 2.33. The van der Waals surface area contributed by atoms with Crippen LogP contribution in [0.15, 0.2) is 18.5 Å². The van der Waals surface area contributed by atoms with Gasteiger partial charge in [-0.15, -0.1) is 0 Å². The predicted molar refractivity (Wildman–Crippen MR) is 82.5 cm³/mol. The van der Waals surface area contributed by atoms with E-state index in [0.717, 1.165) is 37.2 Å². The molecule has 0 unspecified atom stereocenters. The summed E-state index contributed by atoms with van der Waals surface area (Å²) in [5, 5.41) is 17.3. The third kappa shape index (κ3) is 4.70. The standard InChI is InChI=1S/C16H25N3O2/c1-3-13-6-8-16(21,9-7-13)12-17-15(20)5-4-14-10-18-19(2)11-14/h4-5,10-11,13,21H,3,6-9,12H2,1-2H3,(H,17,20). The molecule has 1 aliphatic rings. The van der Waals surface area contributed by atoms with Gasteiger partial charge < -0.3 is 10.4 Å². The van der Waals surface area contributed by atoms with Crippen LogP contribution in [0.2, 0.25) is 0 Å². The predicted octanol–water partition coefficient (Wildman–Crippen LogP) is 1.88. The Kier molecular flexibility index (Phi) is 5.17. The third-order valence-corrected chi connectivity index (χ3v) is 4.36. The Morgan fingerprint density at radius 2 is 2.29 bits per heavy atom. The van der Waals surface area contributed by atoms with Crippen LogP contribution < -0.4 is 5.32 Å². The zero-order valence-corrected chi connectivity index (χ0v) is 12.9.